The standard InChI is InChI=1S/C28H34F2N4O2/c1-6-33(26(36)17-13-34(14-17)25(35)16(2)3)15-28-11-10-19(27(28,4)5)18-12-22(31-32-24(18)28)23-20(29)8-7-9-21(23)30/h7-9,12,16-17,19H,6,10-11,13-15H2,1-5H3/t19-,28-/m0/s1. The van der Waals surface area contributed by atoms with Gasteiger partial charge in [0.05, 0.1) is 22.9 Å². The van der Waals surface area contributed by atoms with E-state index >= 15 is 0 Å². The second kappa shape index (κ2) is 8.60. The molecule has 5 rings (SSSR count). The first-order chi connectivity index (χ1) is 17.0. The summed E-state index contributed by atoms with van der Waals surface area (Å²) in [6.45, 7) is 12.2. The Balaban J connectivity index is 1.43. The number of nitrogens with zero attached hydrogens (tertiary/aromatic N) is 4. The van der Waals surface area contributed by atoms with Gasteiger partial charge in [-0.2, -0.15) is 10.2 Å². The van der Waals surface area contributed by atoms with E-state index in [1.54, 1.807) is 11.0 Å². The van der Waals surface area contributed by atoms with Gasteiger partial charge in [-0.25, -0.2) is 8.78 Å². The lowest BCUT2D eigenvalue weighted by molar-refractivity contribution is -0.151. The minimum atomic E-state index is -0.658. The van der Waals surface area contributed by atoms with Crippen LogP contribution in [0, 0.1) is 28.9 Å². The van der Waals surface area contributed by atoms with Crippen molar-refractivity contribution in [3.05, 3.63) is 47.2 Å². The van der Waals surface area contributed by atoms with Gasteiger partial charge in [0.15, 0.2) is 0 Å². The topological polar surface area (TPSA) is 66.4 Å². The van der Waals surface area contributed by atoms with Crippen LogP contribution < -0.4 is 0 Å². The summed E-state index contributed by atoms with van der Waals surface area (Å²) in [5, 5.41) is 8.85. The Morgan fingerprint density at radius 1 is 1.17 bits per heavy atom. The number of hydrogen-bond acceptors (Lipinski definition) is 4. The Morgan fingerprint density at radius 2 is 1.83 bits per heavy atom. The average molecular weight is 497 g/mol. The van der Waals surface area contributed by atoms with Crippen molar-refractivity contribution in [3.63, 3.8) is 0 Å². The number of rotatable bonds is 6. The minimum Gasteiger partial charge on any atom is -0.342 e. The van der Waals surface area contributed by atoms with E-state index in [1.807, 2.05) is 25.7 Å². The highest BCUT2D eigenvalue weighted by molar-refractivity contribution is 5.85. The number of carbonyl (C=O) groups excluding carboxylic acids is 2. The summed E-state index contributed by atoms with van der Waals surface area (Å²) in [6, 6.07) is 5.60. The molecule has 1 aromatic carbocycles. The van der Waals surface area contributed by atoms with Crippen molar-refractivity contribution in [1.29, 1.82) is 0 Å². The number of fused-ring (bicyclic) bond motifs is 5. The van der Waals surface area contributed by atoms with E-state index in [9.17, 15) is 18.4 Å². The summed E-state index contributed by atoms with van der Waals surface area (Å²) >= 11 is 0. The average Bonchev–Trinajstić information content (AvgIpc) is 3.15. The lowest BCUT2D eigenvalue weighted by Gasteiger charge is -2.45. The van der Waals surface area contributed by atoms with Crippen molar-refractivity contribution in [2.24, 2.45) is 17.3 Å². The summed E-state index contributed by atoms with van der Waals surface area (Å²) in [5.41, 5.74) is 1.31. The van der Waals surface area contributed by atoms with Gasteiger partial charge in [-0.05, 0) is 54.9 Å². The molecule has 0 spiro atoms. The van der Waals surface area contributed by atoms with Crippen LogP contribution in [-0.4, -0.2) is 58.0 Å². The minimum absolute atomic E-state index is 0.0743. The smallest absolute Gasteiger partial charge is 0.229 e. The van der Waals surface area contributed by atoms with Crippen LogP contribution in [0.25, 0.3) is 11.3 Å². The van der Waals surface area contributed by atoms with E-state index in [2.05, 4.69) is 24.0 Å². The van der Waals surface area contributed by atoms with Crippen molar-refractivity contribution in [1.82, 2.24) is 20.0 Å². The molecule has 2 heterocycles. The predicted octanol–water partition coefficient (Wildman–Crippen LogP) is 4.54. The van der Waals surface area contributed by atoms with E-state index < -0.39 is 11.6 Å². The Morgan fingerprint density at radius 3 is 2.44 bits per heavy atom. The molecular weight excluding hydrogens is 462 g/mol. The summed E-state index contributed by atoms with van der Waals surface area (Å²) in [4.78, 5) is 29.4. The van der Waals surface area contributed by atoms with E-state index in [4.69, 9.17) is 0 Å². The van der Waals surface area contributed by atoms with Gasteiger partial charge in [0, 0.05) is 37.5 Å². The third kappa shape index (κ3) is 3.47. The molecule has 2 bridgehead atoms. The van der Waals surface area contributed by atoms with E-state index in [-0.39, 0.29) is 51.7 Å². The zero-order valence-electron chi connectivity index (χ0n) is 21.6. The molecule has 192 valence electrons. The molecule has 1 aliphatic heterocycles. The summed E-state index contributed by atoms with van der Waals surface area (Å²) in [6.07, 6.45) is 1.81. The highest BCUT2D eigenvalue weighted by Crippen LogP contribution is 2.67. The fourth-order valence-electron chi connectivity index (χ4n) is 6.75. The van der Waals surface area contributed by atoms with Gasteiger partial charge in [-0.15, -0.1) is 0 Å². The molecule has 0 N–H and O–H groups in total. The van der Waals surface area contributed by atoms with Crippen LogP contribution in [0.3, 0.4) is 0 Å². The van der Waals surface area contributed by atoms with Crippen LogP contribution in [0.4, 0.5) is 8.78 Å². The number of aromatic nitrogens is 2. The second-order valence-corrected chi connectivity index (χ2v) is 11.5. The quantitative estimate of drug-likeness (QED) is 0.589. The highest BCUT2D eigenvalue weighted by atomic mass is 19.1. The molecule has 8 heteroatoms. The summed E-state index contributed by atoms with van der Waals surface area (Å²) in [7, 11) is 0. The number of hydrogen-bond donors (Lipinski definition) is 0. The molecule has 1 aromatic heterocycles. The maximum Gasteiger partial charge on any atom is 0.229 e. The Bertz CT molecular complexity index is 1200. The molecule has 3 aliphatic rings. The molecule has 0 unspecified atom stereocenters. The van der Waals surface area contributed by atoms with Crippen LogP contribution in [0.15, 0.2) is 24.3 Å². The maximum atomic E-state index is 14.5. The number of likely N-dealkylation sites (N-methyl/N-ethyl adjacent to an activating group) is 1. The van der Waals surface area contributed by atoms with Gasteiger partial charge < -0.3 is 9.80 Å². The van der Waals surface area contributed by atoms with Crippen LogP contribution in [0.5, 0.6) is 0 Å². The highest BCUT2D eigenvalue weighted by Gasteiger charge is 2.64. The van der Waals surface area contributed by atoms with E-state index in [0.29, 0.717) is 26.2 Å². The van der Waals surface area contributed by atoms with Crippen molar-refractivity contribution in [3.8, 4) is 11.3 Å². The Kier molecular flexibility index (Phi) is 5.92. The molecular formula is C28H34F2N4O2. The Labute approximate surface area is 211 Å². The van der Waals surface area contributed by atoms with Gasteiger partial charge in [0.2, 0.25) is 11.8 Å². The fraction of sp³-hybridized carbons (Fsp3) is 0.571. The number of likely N-dealkylation sites (tertiary alicyclic amines) is 1. The third-order valence-electron chi connectivity index (χ3n) is 9.03. The first kappa shape index (κ1) is 24.8. The van der Waals surface area contributed by atoms with Gasteiger partial charge >= 0.3 is 0 Å². The molecule has 6 nitrogen and oxygen atoms in total. The lowest BCUT2D eigenvalue weighted by atomic mass is 9.68. The molecule has 36 heavy (non-hydrogen) atoms. The second-order valence-electron chi connectivity index (χ2n) is 11.5. The van der Waals surface area contributed by atoms with E-state index in [1.165, 1.54) is 18.2 Å². The fourth-order valence-corrected chi connectivity index (χ4v) is 6.75. The number of halogens is 2. The molecule has 2 aliphatic carbocycles. The van der Waals surface area contributed by atoms with Gasteiger partial charge in [-0.1, -0.05) is 33.8 Å². The van der Waals surface area contributed by atoms with Crippen molar-refractivity contribution < 1.29 is 18.4 Å². The first-order valence-electron chi connectivity index (χ1n) is 12.9. The number of carbonyl (C=O) groups is 2. The van der Waals surface area contributed by atoms with Gasteiger partial charge in [0.1, 0.15) is 11.6 Å². The molecule has 2 aromatic rings. The molecule has 1 saturated carbocycles. The van der Waals surface area contributed by atoms with Crippen molar-refractivity contribution >= 4 is 11.8 Å². The SMILES string of the molecule is CCN(C[C@@]12CC[C@@H](c3cc(-c4c(F)cccc4F)nnc31)C2(C)C)C(=O)C1CN(C(=O)C(C)C)C1. The largest absolute Gasteiger partial charge is 0.342 e. The van der Waals surface area contributed by atoms with Gasteiger partial charge in [-0.3, -0.25) is 9.59 Å². The monoisotopic (exact) mass is 496 g/mol. The normalized spacial score (nSPS) is 24.1. The zero-order valence-corrected chi connectivity index (χ0v) is 21.6. The maximum absolute atomic E-state index is 14.5. The van der Waals surface area contributed by atoms with Crippen molar-refractivity contribution in [2.45, 2.75) is 58.8 Å². The number of amides is 2. The molecule has 2 atom stereocenters. The zero-order chi connectivity index (χ0) is 26.0. The lowest BCUT2D eigenvalue weighted by Crippen LogP contribution is -2.59. The van der Waals surface area contributed by atoms with Crippen LogP contribution in [-0.2, 0) is 15.0 Å². The summed E-state index contributed by atoms with van der Waals surface area (Å²) < 4.78 is 28.9. The molecule has 2 amide bonds. The third-order valence-corrected chi connectivity index (χ3v) is 9.03. The van der Waals surface area contributed by atoms with E-state index in [0.717, 1.165) is 24.1 Å². The van der Waals surface area contributed by atoms with Crippen LogP contribution in [0.2, 0.25) is 0 Å². The van der Waals surface area contributed by atoms with Gasteiger partial charge in [0.25, 0.3) is 0 Å². The van der Waals surface area contributed by atoms with Crippen molar-refractivity contribution in [2.75, 3.05) is 26.2 Å². The van der Waals surface area contributed by atoms with Crippen LogP contribution in [0.1, 0.15) is 64.6 Å². The molecule has 0 radical (unpaired) electrons. The number of benzene rings is 1. The predicted molar refractivity (Wildman–Crippen MR) is 132 cm³/mol. The summed E-state index contributed by atoms with van der Waals surface area (Å²) in [5.74, 6) is -1.23. The molecule has 2 fully saturated rings. The van der Waals surface area contributed by atoms with Crippen LogP contribution >= 0.6 is 0 Å². The first-order valence-corrected chi connectivity index (χ1v) is 12.9. The Hall–Kier alpha value is -2.90. The molecule has 1 saturated heterocycles.